The summed E-state index contributed by atoms with van der Waals surface area (Å²) < 4.78 is 29.6. The normalized spacial score (nSPS) is 18.2. The van der Waals surface area contributed by atoms with Crippen LogP contribution >= 0.6 is 24.8 Å². The lowest BCUT2D eigenvalue weighted by Crippen LogP contribution is -2.44. The number of hydrogen-bond donors (Lipinski definition) is 1. The van der Waals surface area contributed by atoms with Crippen molar-refractivity contribution >= 4 is 41.8 Å². The maximum absolute atomic E-state index is 14.7. The Morgan fingerprint density at radius 1 is 1.09 bits per heavy atom. The molecule has 2 aliphatic heterocycles. The van der Waals surface area contributed by atoms with Gasteiger partial charge in [0.05, 0.1) is 11.7 Å². The van der Waals surface area contributed by atoms with Gasteiger partial charge in [0.1, 0.15) is 11.6 Å². The van der Waals surface area contributed by atoms with Crippen LogP contribution in [0.2, 0.25) is 0 Å². The Morgan fingerprint density at radius 3 is 2.62 bits per heavy atom. The van der Waals surface area contributed by atoms with Gasteiger partial charge in [-0.05, 0) is 61.1 Å². The van der Waals surface area contributed by atoms with E-state index in [-0.39, 0.29) is 47.9 Å². The molecule has 0 aliphatic carbocycles. The molecule has 4 heterocycles. The summed E-state index contributed by atoms with van der Waals surface area (Å²) in [5, 5.41) is 4.46. The summed E-state index contributed by atoms with van der Waals surface area (Å²) in [6.45, 7) is 3.90. The Bertz CT molecular complexity index is 1230. The van der Waals surface area contributed by atoms with Gasteiger partial charge in [0.2, 0.25) is 0 Å². The second kappa shape index (κ2) is 11.4. The first-order valence-corrected chi connectivity index (χ1v) is 11.1. The Morgan fingerprint density at radius 2 is 1.85 bits per heavy atom. The van der Waals surface area contributed by atoms with Crippen LogP contribution in [0.4, 0.5) is 8.78 Å². The molecular weight excluding hydrogens is 481 g/mol. The van der Waals surface area contributed by atoms with Crippen LogP contribution in [0.25, 0.3) is 17.0 Å². The third-order valence-corrected chi connectivity index (χ3v) is 6.57. The minimum Gasteiger partial charge on any atom is -0.310 e. The van der Waals surface area contributed by atoms with E-state index in [4.69, 9.17) is 0 Å². The lowest BCUT2D eigenvalue weighted by Gasteiger charge is -2.34. The molecule has 0 amide bonds. The van der Waals surface area contributed by atoms with Gasteiger partial charge >= 0.3 is 0 Å². The molecule has 0 unspecified atom stereocenters. The van der Waals surface area contributed by atoms with Gasteiger partial charge in [-0.2, -0.15) is 0 Å². The number of aromatic nitrogens is 2. The van der Waals surface area contributed by atoms with Crippen LogP contribution < -0.4 is 10.9 Å². The van der Waals surface area contributed by atoms with Gasteiger partial charge in [0.25, 0.3) is 5.56 Å². The fourth-order valence-corrected chi connectivity index (χ4v) is 5.01. The molecule has 0 spiro atoms. The summed E-state index contributed by atoms with van der Waals surface area (Å²) in [4.78, 5) is 18.5. The lowest BCUT2D eigenvalue weighted by molar-refractivity contribution is 0.186. The molecule has 182 valence electrons. The molecule has 0 bridgehead atoms. The van der Waals surface area contributed by atoms with Gasteiger partial charge in [0, 0.05) is 49.4 Å². The van der Waals surface area contributed by atoms with Crippen molar-refractivity contribution in [3.63, 3.8) is 0 Å². The number of piperidine rings is 1. The highest BCUT2D eigenvalue weighted by molar-refractivity contribution is 5.86. The van der Waals surface area contributed by atoms with Crippen molar-refractivity contribution in [2.45, 2.75) is 31.3 Å². The molecule has 1 atom stereocenters. The molecule has 0 radical (unpaired) electrons. The number of benzene rings is 1. The molecule has 34 heavy (non-hydrogen) atoms. The van der Waals surface area contributed by atoms with Gasteiger partial charge < -0.3 is 14.8 Å². The number of nitrogens with one attached hydrogen (secondary N) is 1. The van der Waals surface area contributed by atoms with Crippen LogP contribution in [-0.4, -0.2) is 46.7 Å². The largest absolute Gasteiger partial charge is 0.310 e. The molecule has 1 fully saturated rings. The predicted octanol–water partition coefficient (Wildman–Crippen LogP) is 4.38. The number of pyridine rings is 2. The van der Waals surface area contributed by atoms with Crippen molar-refractivity contribution in [2.75, 3.05) is 26.2 Å². The standard InChI is InChI=1S/C25H26F2N4O.2ClH/c26-20-12-17(13-28-14-20)2-1-9-29-21-7-10-30(11-8-21)15-19-16-31-23(32)6-4-18-3-5-22(27)24(19)25(18)31;;/h1-6,12-14,19,21,29H,7-11,15-16H2;2*1H/t19-;;/m1../s1. The average molecular weight is 509 g/mol. The van der Waals surface area contributed by atoms with E-state index in [2.05, 4.69) is 15.2 Å². The average Bonchev–Trinajstić information content (AvgIpc) is 3.18. The smallest absolute Gasteiger partial charge is 0.251 e. The molecule has 2 aliphatic rings. The SMILES string of the molecule is Cl.Cl.O=c1ccc2ccc(F)c3c2n1C[C@H]3CN1CCC(NCC=Cc2cncc(F)c2)CC1. The molecule has 1 saturated heterocycles. The fourth-order valence-electron chi connectivity index (χ4n) is 5.01. The van der Waals surface area contributed by atoms with Gasteiger partial charge in [-0.15, -0.1) is 24.8 Å². The number of likely N-dealkylation sites (tertiary alicyclic amines) is 1. The summed E-state index contributed by atoms with van der Waals surface area (Å²) in [5.41, 5.74) is 2.15. The van der Waals surface area contributed by atoms with E-state index in [1.165, 1.54) is 18.3 Å². The van der Waals surface area contributed by atoms with Crippen molar-refractivity contribution in [3.05, 3.63) is 81.9 Å². The summed E-state index contributed by atoms with van der Waals surface area (Å²) in [5.74, 6) is -0.545. The molecule has 5 nitrogen and oxygen atoms in total. The van der Waals surface area contributed by atoms with E-state index in [0.717, 1.165) is 55.5 Å². The molecule has 2 aromatic heterocycles. The first-order chi connectivity index (χ1) is 15.6. The van der Waals surface area contributed by atoms with Crippen molar-refractivity contribution < 1.29 is 8.78 Å². The van der Waals surface area contributed by atoms with Crippen LogP contribution in [0, 0.1) is 11.6 Å². The summed E-state index contributed by atoms with van der Waals surface area (Å²) in [6, 6.07) is 8.52. The van der Waals surface area contributed by atoms with Crippen LogP contribution in [0.3, 0.4) is 0 Å². The second-order valence-corrected chi connectivity index (χ2v) is 8.70. The number of halogens is 4. The zero-order valence-corrected chi connectivity index (χ0v) is 20.3. The van der Waals surface area contributed by atoms with Crippen LogP contribution in [0.15, 0.2) is 53.6 Å². The Kier molecular flexibility index (Phi) is 8.82. The summed E-state index contributed by atoms with van der Waals surface area (Å²) in [7, 11) is 0. The zero-order valence-electron chi connectivity index (χ0n) is 18.6. The molecule has 9 heteroatoms. The lowest BCUT2D eigenvalue weighted by atomic mass is 9.97. The zero-order chi connectivity index (χ0) is 22.1. The van der Waals surface area contributed by atoms with Gasteiger partial charge in [-0.3, -0.25) is 9.78 Å². The third-order valence-electron chi connectivity index (χ3n) is 6.57. The Labute approximate surface area is 209 Å². The van der Waals surface area contributed by atoms with Crippen LogP contribution in [0.1, 0.15) is 29.9 Å². The third kappa shape index (κ3) is 5.49. The molecule has 1 aromatic carbocycles. The predicted molar refractivity (Wildman–Crippen MR) is 136 cm³/mol. The quantitative estimate of drug-likeness (QED) is 0.536. The molecular formula is C25H28Cl2F2N4O. The highest BCUT2D eigenvalue weighted by Gasteiger charge is 2.31. The monoisotopic (exact) mass is 508 g/mol. The Balaban J connectivity index is 0.00000162. The van der Waals surface area contributed by atoms with Crippen LogP contribution in [-0.2, 0) is 6.54 Å². The molecule has 0 saturated carbocycles. The fraction of sp³-hybridized carbons (Fsp3) is 0.360. The maximum atomic E-state index is 14.7. The topological polar surface area (TPSA) is 50.2 Å². The first kappa shape index (κ1) is 26.3. The molecule has 1 N–H and O–H groups in total. The van der Waals surface area contributed by atoms with Crippen molar-refractivity contribution in [1.29, 1.82) is 0 Å². The molecule has 3 aromatic rings. The number of rotatable bonds is 6. The van der Waals surface area contributed by atoms with Crippen molar-refractivity contribution in [3.8, 4) is 0 Å². The van der Waals surface area contributed by atoms with E-state index < -0.39 is 0 Å². The summed E-state index contributed by atoms with van der Waals surface area (Å²) in [6.07, 6.45) is 8.72. The highest BCUT2D eigenvalue weighted by Crippen LogP contribution is 2.35. The Hall–Kier alpha value is -2.32. The molecule has 5 rings (SSSR count). The first-order valence-electron chi connectivity index (χ1n) is 11.1. The minimum absolute atomic E-state index is 0. The van der Waals surface area contributed by atoms with Gasteiger partial charge in [-0.1, -0.05) is 12.2 Å². The maximum Gasteiger partial charge on any atom is 0.251 e. The second-order valence-electron chi connectivity index (χ2n) is 8.70. The van der Waals surface area contributed by atoms with E-state index >= 15 is 0 Å². The van der Waals surface area contributed by atoms with Gasteiger partial charge in [-0.25, -0.2) is 8.78 Å². The van der Waals surface area contributed by atoms with E-state index in [9.17, 15) is 13.6 Å². The minimum atomic E-state index is -0.334. The van der Waals surface area contributed by atoms with E-state index in [0.29, 0.717) is 18.2 Å². The summed E-state index contributed by atoms with van der Waals surface area (Å²) >= 11 is 0. The number of nitrogens with zero attached hydrogens (tertiary/aromatic N) is 3. The van der Waals surface area contributed by atoms with Crippen molar-refractivity contribution in [1.82, 2.24) is 19.8 Å². The highest BCUT2D eigenvalue weighted by atomic mass is 35.5. The number of hydrogen-bond acceptors (Lipinski definition) is 4. The van der Waals surface area contributed by atoms with Crippen molar-refractivity contribution in [2.24, 2.45) is 0 Å². The van der Waals surface area contributed by atoms with Gasteiger partial charge in [0.15, 0.2) is 0 Å². The van der Waals surface area contributed by atoms with E-state index in [1.807, 2.05) is 12.2 Å². The van der Waals surface area contributed by atoms with E-state index in [1.54, 1.807) is 29.0 Å². The van der Waals surface area contributed by atoms with Crippen LogP contribution in [0.5, 0.6) is 0 Å².